The van der Waals surface area contributed by atoms with Crippen LogP contribution in [0.1, 0.15) is 40.7 Å². The number of nitrogens with one attached hydrogen (secondary N) is 2. The van der Waals surface area contributed by atoms with Crippen molar-refractivity contribution in [2.24, 2.45) is 0 Å². The second kappa shape index (κ2) is 7.26. The van der Waals surface area contributed by atoms with Crippen LogP contribution in [0.25, 0.3) is 0 Å². The van der Waals surface area contributed by atoms with Gasteiger partial charge in [-0.1, -0.05) is 13.3 Å². The van der Waals surface area contributed by atoms with Crippen LogP contribution in [-0.2, 0) is 0 Å². The van der Waals surface area contributed by atoms with Crippen LogP contribution in [0.3, 0.4) is 0 Å². The summed E-state index contributed by atoms with van der Waals surface area (Å²) in [6.07, 6.45) is 2.17. The van der Waals surface area contributed by atoms with E-state index in [0.29, 0.717) is 16.4 Å². The van der Waals surface area contributed by atoms with Crippen LogP contribution in [-0.4, -0.2) is 17.4 Å². The molecule has 1 aromatic heterocycles. The second-order valence-electron chi connectivity index (χ2n) is 5.20. The molecule has 0 aliphatic carbocycles. The Morgan fingerprint density at radius 3 is 2.77 bits per heavy atom. The lowest BCUT2D eigenvalue weighted by Gasteiger charge is -2.10. The number of nitrogens with two attached hydrogens (primary N) is 1. The normalized spacial score (nSPS) is 10.5. The summed E-state index contributed by atoms with van der Waals surface area (Å²) >= 11 is 1.48. The number of rotatable bonds is 6. The van der Waals surface area contributed by atoms with Crippen molar-refractivity contribution < 1.29 is 4.79 Å². The fraction of sp³-hybridized carbons (Fsp3) is 0.375. The molecule has 0 spiro atoms. The summed E-state index contributed by atoms with van der Waals surface area (Å²) in [7, 11) is 0. The summed E-state index contributed by atoms with van der Waals surface area (Å²) in [5, 5.41) is 6.72. The molecule has 2 aromatic rings. The SMILES string of the molecule is CCCCNc1cc(C(=O)Nc2nc(C)c(C)s2)ccc1N. The molecule has 1 heterocycles. The molecule has 0 fully saturated rings. The van der Waals surface area contributed by atoms with Gasteiger partial charge in [-0.25, -0.2) is 4.98 Å². The molecule has 0 aliphatic heterocycles. The maximum absolute atomic E-state index is 12.3. The van der Waals surface area contributed by atoms with Crippen molar-refractivity contribution in [2.75, 3.05) is 22.9 Å². The second-order valence-corrected chi connectivity index (χ2v) is 6.40. The van der Waals surface area contributed by atoms with Crippen LogP contribution >= 0.6 is 11.3 Å². The average Bonchev–Trinajstić information content (AvgIpc) is 2.79. The summed E-state index contributed by atoms with van der Waals surface area (Å²) in [6, 6.07) is 5.26. The van der Waals surface area contributed by atoms with Crippen molar-refractivity contribution in [3.63, 3.8) is 0 Å². The molecule has 0 saturated heterocycles. The standard InChI is InChI=1S/C16H22N4OS/c1-4-5-8-18-14-9-12(6-7-13(14)17)15(21)20-16-19-10(2)11(3)22-16/h6-7,9,18H,4-5,8,17H2,1-3H3,(H,19,20,21). The molecule has 0 saturated carbocycles. The maximum atomic E-state index is 12.3. The molecule has 6 heteroatoms. The van der Waals surface area contributed by atoms with Crippen LogP contribution in [0, 0.1) is 13.8 Å². The fourth-order valence-corrected chi connectivity index (χ4v) is 2.76. The highest BCUT2D eigenvalue weighted by Gasteiger charge is 2.11. The Bertz CT molecular complexity index is 647. The zero-order chi connectivity index (χ0) is 16.1. The van der Waals surface area contributed by atoms with E-state index in [0.717, 1.165) is 35.6 Å². The van der Waals surface area contributed by atoms with Gasteiger partial charge < -0.3 is 11.1 Å². The van der Waals surface area contributed by atoms with Gasteiger partial charge in [-0.15, -0.1) is 11.3 Å². The Hall–Kier alpha value is -2.08. The van der Waals surface area contributed by atoms with E-state index in [1.54, 1.807) is 18.2 Å². The zero-order valence-corrected chi connectivity index (χ0v) is 14.0. The van der Waals surface area contributed by atoms with Crippen molar-refractivity contribution in [1.29, 1.82) is 0 Å². The van der Waals surface area contributed by atoms with Crippen molar-refractivity contribution in [1.82, 2.24) is 4.98 Å². The lowest BCUT2D eigenvalue weighted by molar-refractivity contribution is 0.102. The van der Waals surface area contributed by atoms with Gasteiger partial charge in [-0.2, -0.15) is 0 Å². The molecule has 0 radical (unpaired) electrons. The minimum absolute atomic E-state index is 0.174. The number of amides is 1. The molecule has 4 N–H and O–H groups in total. The zero-order valence-electron chi connectivity index (χ0n) is 13.2. The van der Waals surface area contributed by atoms with Crippen LogP contribution in [0.4, 0.5) is 16.5 Å². The number of benzene rings is 1. The Balaban J connectivity index is 2.10. The summed E-state index contributed by atoms with van der Waals surface area (Å²) in [5.74, 6) is -0.174. The third-order valence-electron chi connectivity index (χ3n) is 3.41. The van der Waals surface area contributed by atoms with Gasteiger partial charge in [0.15, 0.2) is 5.13 Å². The van der Waals surface area contributed by atoms with Gasteiger partial charge >= 0.3 is 0 Å². The Morgan fingerprint density at radius 2 is 2.14 bits per heavy atom. The quantitative estimate of drug-likeness (QED) is 0.559. The molecule has 1 aromatic carbocycles. The van der Waals surface area contributed by atoms with E-state index in [1.807, 2.05) is 13.8 Å². The summed E-state index contributed by atoms with van der Waals surface area (Å²) in [5.41, 5.74) is 8.90. The van der Waals surface area contributed by atoms with Gasteiger partial charge in [-0.05, 0) is 38.5 Å². The first-order chi connectivity index (χ1) is 10.5. The largest absolute Gasteiger partial charge is 0.397 e. The predicted octanol–water partition coefficient (Wildman–Crippen LogP) is 3.81. The maximum Gasteiger partial charge on any atom is 0.257 e. The van der Waals surface area contributed by atoms with Crippen molar-refractivity contribution in [3.05, 3.63) is 34.3 Å². The number of carbonyl (C=O) groups excluding carboxylic acids is 1. The third kappa shape index (κ3) is 3.98. The predicted molar refractivity (Wildman–Crippen MR) is 93.8 cm³/mol. The number of aromatic nitrogens is 1. The number of carbonyl (C=O) groups is 1. The molecule has 0 aliphatic rings. The Labute approximate surface area is 135 Å². The molecule has 5 nitrogen and oxygen atoms in total. The highest BCUT2D eigenvalue weighted by molar-refractivity contribution is 7.15. The highest BCUT2D eigenvalue weighted by Crippen LogP contribution is 2.24. The van der Waals surface area contributed by atoms with Gasteiger partial charge in [0, 0.05) is 17.0 Å². The lowest BCUT2D eigenvalue weighted by Crippen LogP contribution is -2.13. The lowest BCUT2D eigenvalue weighted by atomic mass is 10.1. The molecule has 0 atom stereocenters. The molecule has 22 heavy (non-hydrogen) atoms. The summed E-state index contributed by atoms with van der Waals surface area (Å²) in [4.78, 5) is 17.7. The molecule has 118 valence electrons. The fourth-order valence-electron chi connectivity index (χ4n) is 1.95. The van der Waals surface area contributed by atoms with Crippen molar-refractivity contribution in [3.8, 4) is 0 Å². The van der Waals surface area contributed by atoms with Gasteiger partial charge in [-0.3, -0.25) is 10.1 Å². The number of nitrogens with zero attached hydrogens (tertiary/aromatic N) is 1. The minimum Gasteiger partial charge on any atom is -0.397 e. The van der Waals surface area contributed by atoms with Crippen molar-refractivity contribution >= 4 is 33.8 Å². The first-order valence-corrected chi connectivity index (χ1v) is 8.21. The van der Waals surface area contributed by atoms with Gasteiger partial charge in [0.2, 0.25) is 0 Å². The number of unbranched alkanes of at least 4 members (excludes halogenated alkanes) is 1. The molecule has 2 rings (SSSR count). The molecular formula is C16H22N4OS. The number of thiazole rings is 1. The van der Waals surface area contributed by atoms with E-state index >= 15 is 0 Å². The van der Waals surface area contributed by atoms with Gasteiger partial charge in [0.25, 0.3) is 5.91 Å². The summed E-state index contributed by atoms with van der Waals surface area (Å²) in [6.45, 7) is 6.89. The van der Waals surface area contributed by atoms with Crippen LogP contribution < -0.4 is 16.4 Å². The molecule has 0 bridgehead atoms. The van der Waals surface area contributed by atoms with E-state index < -0.39 is 0 Å². The van der Waals surface area contributed by atoms with E-state index in [4.69, 9.17) is 5.73 Å². The molecular weight excluding hydrogens is 296 g/mol. The van der Waals surface area contributed by atoms with Crippen molar-refractivity contribution in [2.45, 2.75) is 33.6 Å². The van der Waals surface area contributed by atoms with E-state index in [9.17, 15) is 4.79 Å². The van der Waals surface area contributed by atoms with Crippen LogP contribution in [0.2, 0.25) is 0 Å². The van der Waals surface area contributed by atoms with E-state index in [1.165, 1.54) is 11.3 Å². The number of anilines is 3. The minimum atomic E-state index is -0.174. The molecule has 0 unspecified atom stereocenters. The smallest absolute Gasteiger partial charge is 0.257 e. The Kier molecular flexibility index (Phi) is 5.38. The van der Waals surface area contributed by atoms with Gasteiger partial charge in [0.1, 0.15) is 0 Å². The highest BCUT2D eigenvalue weighted by atomic mass is 32.1. The monoisotopic (exact) mass is 318 g/mol. The first-order valence-electron chi connectivity index (χ1n) is 7.40. The third-order valence-corrected chi connectivity index (χ3v) is 4.40. The topological polar surface area (TPSA) is 80.0 Å². The van der Waals surface area contributed by atoms with Crippen LogP contribution in [0.5, 0.6) is 0 Å². The molecule has 1 amide bonds. The van der Waals surface area contributed by atoms with E-state index in [2.05, 4.69) is 22.5 Å². The van der Waals surface area contributed by atoms with Gasteiger partial charge in [0.05, 0.1) is 17.1 Å². The van der Waals surface area contributed by atoms with E-state index in [-0.39, 0.29) is 5.91 Å². The first kappa shape index (κ1) is 16.3. The van der Waals surface area contributed by atoms with Crippen LogP contribution in [0.15, 0.2) is 18.2 Å². The number of hydrogen-bond donors (Lipinski definition) is 3. The summed E-state index contributed by atoms with van der Waals surface area (Å²) < 4.78 is 0. The number of nitrogen functional groups attached to an aromatic ring is 1. The average molecular weight is 318 g/mol. The number of aryl methyl sites for hydroxylation is 2. The number of hydrogen-bond acceptors (Lipinski definition) is 5. The Morgan fingerprint density at radius 1 is 1.36 bits per heavy atom.